The maximum absolute atomic E-state index is 12.4. The Morgan fingerprint density at radius 3 is 2.54 bits per heavy atom. The van der Waals surface area contributed by atoms with Gasteiger partial charge in [0.25, 0.3) is 0 Å². The van der Waals surface area contributed by atoms with Crippen molar-refractivity contribution in [1.29, 1.82) is 0 Å². The molecule has 2 aromatic rings. The maximum atomic E-state index is 12.4. The number of nitrogens with two attached hydrogens (primary N) is 1. The molecule has 1 aliphatic rings. The molecule has 0 spiro atoms. The van der Waals surface area contributed by atoms with Gasteiger partial charge in [-0.2, -0.15) is 0 Å². The van der Waals surface area contributed by atoms with Crippen LogP contribution >= 0.6 is 0 Å². The Balaban J connectivity index is 1.85. The Kier molecular flexibility index (Phi) is 4.97. The number of fused-ring (bicyclic) bond motifs is 1. The molecule has 0 atom stereocenters. The van der Waals surface area contributed by atoms with Gasteiger partial charge in [0.05, 0.1) is 7.11 Å². The molecule has 8 heteroatoms. The van der Waals surface area contributed by atoms with E-state index in [1.807, 2.05) is 0 Å². The lowest BCUT2D eigenvalue weighted by Crippen LogP contribution is -2.15. The van der Waals surface area contributed by atoms with Crippen LogP contribution in [0.25, 0.3) is 6.08 Å². The summed E-state index contributed by atoms with van der Waals surface area (Å²) >= 11 is 0. The number of carbonyl (C=O) groups excluding carboxylic acids is 1. The second kappa shape index (κ2) is 7.19. The fraction of sp³-hybridized carbons (Fsp3) is 0.167. The summed E-state index contributed by atoms with van der Waals surface area (Å²) in [5, 5.41) is 5.17. The van der Waals surface area contributed by atoms with Gasteiger partial charge in [-0.25, -0.2) is 13.6 Å². The normalized spacial score (nSPS) is 13.6. The molecular weight excluding hydrogens is 358 g/mol. The van der Waals surface area contributed by atoms with E-state index in [4.69, 9.17) is 19.3 Å². The van der Waals surface area contributed by atoms with E-state index in [0.717, 1.165) is 5.56 Å². The van der Waals surface area contributed by atoms with Crippen LogP contribution in [0.1, 0.15) is 15.9 Å². The van der Waals surface area contributed by atoms with Gasteiger partial charge in [0.15, 0.2) is 17.3 Å². The number of primary sulfonamides is 1. The number of carbonyl (C=O) groups is 1. The standard InChI is InChI=1S/C18H17NO6S/c1-23-16-7-4-13(11-18(16)26(19,21)22)14(20)5-2-12-3-6-15-17(10-12)25-9-8-24-15/h2-7,10-11H,8-9H2,1H3,(H2,19,21,22)/b5-2+. The minimum Gasteiger partial charge on any atom is -0.495 e. The highest BCUT2D eigenvalue weighted by Crippen LogP contribution is 2.31. The van der Waals surface area contributed by atoms with Crippen LogP contribution in [-0.4, -0.2) is 34.5 Å². The molecule has 2 aromatic carbocycles. The minimum atomic E-state index is -4.01. The molecule has 1 aliphatic heterocycles. The summed E-state index contributed by atoms with van der Waals surface area (Å²) in [5.41, 5.74) is 0.936. The second-order valence-electron chi connectivity index (χ2n) is 5.51. The summed E-state index contributed by atoms with van der Waals surface area (Å²) in [6.45, 7) is 0.978. The topological polar surface area (TPSA) is 105 Å². The predicted molar refractivity (Wildman–Crippen MR) is 95.2 cm³/mol. The van der Waals surface area contributed by atoms with Crippen molar-refractivity contribution in [2.45, 2.75) is 4.90 Å². The van der Waals surface area contributed by atoms with E-state index in [0.29, 0.717) is 24.7 Å². The van der Waals surface area contributed by atoms with Crippen molar-refractivity contribution in [1.82, 2.24) is 0 Å². The summed E-state index contributed by atoms with van der Waals surface area (Å²) in [7, 11) is -2.68. The summed E-state index contributed by atoms with van der Waals surface area (Å²) < 4.78 is 39.2. The van der Waals surface area contributed by atoms with Gasteiger partial charge in [0, 0.05) is 5.56 Å². The molecule has 0 fully saturated rings. The van der Waals surface area contributed by atoms with Crippen LogP contribution in [-0.2, 0) is 10.0 Å². The average Bonchev–Trinajstić information content (AvgIpc) is 2.64. The lowest BCUT2D eigenvalue weighted by Gasteiger charge is -2.18. The zero-order chi connectivity index (χ0) is 18.7. The van der Waals surface area contributed by atoms with Crippen LogP contribution in [0.3, 0.4) is 0 Å². The van der Waals surface area contributed by atoms with Crippen LogP contribution < -0.4 is 19.3 Å². The SMILES string of the molecule is COc1ccc(C(=O)/C=C/c2ccc3c(c2)OCCO3)cc1S(N)(=O)=O. The van der Waals surface area contributed by atoms with Gasteiger partial charge in [-0.05, 0) is 42.0 Å². The lowest BCUT2D eigenvalue weighted by atomic mass is 10.1. The molecule has 136 valence electrons. The van der Waals surface area contributed by atoms with Crippen molar-refractivity contribution in [2.75, 3.05) is 20.3 Å². The van der Waals surface area contributed by atoms with E-state index < -0.39 is 10.0 Å². The van der Waals surface area contributed by atoms with E-state index in [-0.39, 0.29) is 22.0 Å². The third-order valence-electron chi connectivity index (χ3n) is 3.75. The van der Waals surface area contributed by atoms with Gasteiger partial charge in [0.2, 0.25) is 10.0 Å². The molecule has 0 saturated heterocycles. The quantitative estimate of drug-likeness (QED) is 0.633. The molecule has 1 heterocycles. The Hall–Kier alpha value is -2.84. The van der Waals surface area contributed by atoms with E-state index in [1.165, 1.54) is 31.4 Å². The number of hydrogen-bond donors (Lipinski definition) is 1. The molecule has 7 nitrogen and oxygen atoms in total. The number of rotatable bonds is 5. The first-order valence-corrected chi connectivity index (χ1v) is 9.26. The largest absolute Gasteiger partial charge is 0.495 e. The molecule has 26 heavy (non-hydrogen) atoms. The fourth-order valence-corrected chi connectivity index (χ4v) is 3.21. The molecule has 0 unspecified atom stereocenters. The molecule has 0 bridgehead atoms. The molecule has 0 aromatic heterocycles. The maximum Gasteiger partial charge on any atom is 0.241 e. The molecular formula is C18H17NO6S. The van der Waals surface area contributed by atoms with Crippen LogP contribution in [0.4, 0.5) is 0 Å². The van der Waals surface area contributed by atoms with Gasteiger partial charge in [0.1, 0.15) is 23.9 Å². The summed E-state index contributed by atoms with van der Waals surface area (Å²) in [6.07, 6.45) is 2.96. The smallest absolute Gasteiger partial charge is 0.241 e. The minimum absolute atomic E-state index is 0.0832. The van der Waals surface area contributed by atoms with Crippen molar-refractivity contribution in [3.8, 4) is 17.2 Å². The van der Waals surface area contributed by atoms with Gasteiger partial charge in [-0.1, -0.05) is 12.1 Å². The molecule has 2 N–H and O–H groups in total. The monoisotopic (exact) mass is 375 g/mol. The number of ketones is 1. The van der Waals surface area contributed by atoms with E-state index in [2.05, 4.69) is 0 Å². The second-order valence-corrected chi connectivity index (χ2v) is 7.04. The molecule has 0 radical (unpaired) electrons. The third kappa shape index (κ3) is 3.87. The third-order valence-corrected chi connectivity index (χ3v) is 4.68. The predicted octanol–water partition coefficient (Wildman–Crippen LogP) is 2.01. The van der Waals surface area contributed by atoms with Gasteiger partial charge in [-0.15, -0.1) is 0 Å². The molecule has 0 amide bonds. The number of ether oxygens (including phenoxy) is 3. The Bertz CT molecular complexity index is 981. The highest BCUT2D eigenvalue weighted by atomic mass is 32.2. The number of allylic oxidation sites excluding steroid dienone is 1. The number of methoxy groups -OCH3 is 1. The van der Waals surface area contributed by atoms with Crippen LogP contribution in [0.2, 0.25) is 0 Å². The van der Waals surface area contributed by atoms with Crippen LogP contribution in [0.15, 0.2) is 47.4 Å². The summed E-state index contributed by atoms with van der Waals surface area (Å²) in [4.78, 5) is 12.1. The van der Waals surface area contributed by atoms with Crippen molar-refractivity contribution >= 4 is 21.9 Å². The molecule has 0 saturated carbocycles. The van der Waals surface area contributed by atoms with Gasteiger partial charge in [-0.3, -0.25) is 4.79 Å². The lowest BCUT2D eigenvalue weighted by molar-refractivity contribution is 0.104. The van der Waals surface area contributed by atoms with Crippen molar-refractivity contribution in [2.24, 2.45) is 5.14 Å². The van der Waals surface area contributed by atoms with Crippen molar-refractivity contribution in [3.05, 3.63) is 53.6 Å². The van der Waals surface area contributed by atoms with Gasteiger partial charge < -0.3 is 14.2 Å². The Morgan fingerprint density at radius 2 is 1.85 bits per heavy atom. The highest BCUT2D eigenvalue weighted by Gasteiger charge is 2.17. The fourth-order valence-electron chi connectivity index (χ4n) is 2.48. The summed E-state index contributed by atoms with van der Waals surface area (Å²) in [5.74, 6) is 0.992. The van der Waals surface area contributed by atoms with Crippen molar-refractivity contribution in [3.63, 3.8) is 0 Å². The zero-order valence-electron chi connectivity index (χ0n) is 14.0. The van der Waals surface area contributed by atoms with Gasteiger partial charge >= 0.3 is 0 Å². The zero-order valence-corrected chi connectivity index (χ0v) is 14.8. The first-order chi connectivity index (χ1) is 12.4. The first kappa shape index (κ1) is 18.0. The molecule has 3 rings (SSSR count). The highest BCUT2D eigenvalue weighted by molar-refractivity contribution is 7.89. The van der Waals surface area contributed by atoms with E-state index >= 15 is 0 Å². The Morgan fingerprint density at radius 1 is 1.12 bits per heavy atom. The van der Waals surface area contributed by atoms with E-state index in [1.54, 1.807) is 24.3 Å². The molecule has 0 aliphatic carbocycles. The number of benzene rings is 2. The average molecular weight is 375 g/mol. The van der Waals surface area contributed by atoms with Crippen molar-refractivity contribution < 1.29 is 27.4 Å². The van der Waals surface area contributed by atoms with E-state index in [9.17, 15) is 13.2 Å². The summed E-state index contributed by atoms with van der Waals surface area (Å²) in [6, 6.07) is 9.40. The first-order valence-electron chi connectivity index (χ1n) is 7.71. The Labute approximate surface area is 151 Å². The number of sulfonamides is 1. The number of hydrogen-bond acceptors (Lipinski definition) is 6. The van der Waals surface area contributed by atoms with Crippen LogP contribution in [0.5, 0.6) is 17.2 Å². The van der Waals surface area contributed by atoms with Crippen LogP contribution in [0, 0.1) is 0 Å².